The molecule has 4 nitrogen and oxygen atoms in total. The molecule has 1 N–H and O–H groups in total. The monoisotopic (exact) mass is 380 g/mol. The molecule has 27 heavy (non-hydrogen) atoms. The topological polar surface area (TPSA) is 41.6 Å². The van der Waals surface area contributed by atoms with E-state index < -0.39 is 0 Å². The van der Waals surface area contributed by atoms with Crippen LogP contribution in [0.25, 0.3) is 10.8 Å². The molecule has 0 spiro atoms. The minimum atomic E-state index is -0.135. The second-order valence-electron chi connectivity index (χ2n) is 6.68. The van der Waals surface area contributed by atoms with Crippen LogP contribution in [-0.4, -0.2) is 37.1 Å². The summed E-state index contributed by atoms with van der Waals surface area (Å²) in [4.78, 5) is 15.1. The quantitative estimate of drug-likeness (QED) is 0.720. The number of ether oxygens (including phenoxy) is 1. The van der Waals surface area contributed by atoms with E-state index in [0.29, 0.717) is 10.6 Å². The van der Waals surface area contributed by atoms with Crippen LogP contribution < -0.4 is 5.32 Å². The van der Waals surface area contributed by atoms with Crippen molar-refractivity contribution in [2.75, 3.05) is 31.6 Å². The van der Waals surface area contributed by atoms with Gasteiger partial charge in [0.1, 0.15) is 0 Å². The van der Waals surface area contributed by atoms with Gasteiger partial charge in [0, 0.05) is 41.3 Å². The molecule has 4 rings (SSSR count). The van der Waals surface area contributed by atoms with Crippen LogP contribution >= 0.6 is 11.6 Å². The van der Waals surface area contributed by atoms with Crippen molar-refractivity contribution in [2.45, 2.75) is 6.54 Å². The maximum atomic E-state index is 12.8. The molecule has 3 aromatic rings. The maximum Gasteiger partial charge on any atom is 0.256 e. The summed E-state index contributed by atoms with van der Waals surface area (Å²) in [6, 6.07) is 19.2. The summed E-state index contributed by atoms with van der Waals surface area (Å²) in [6.07, 6.45) is 0. The van der Waals surface area contributed by atoms with E-state index in [1.54, 1.807) is 0 Å². The van der Waals surface area contributed by atoms with Gasteiger partial charge in [0.05, 0.1) is 13.2 Å². The molecule has 1 heterocycles. The molecule has 0 aliphatic carbocycles. The first-order valence-corrected chi connectivity index (χ1v) is 9.46. The standard InChI is InChI=1S/C22H21ClN2O2/c23-21-6-2-3-18-19(21)4-1-5-20(18)22(26)24-17-9-7-16(8-10-17)15-25-11-13-27-14-12-25/h1-10H,11-15H2,(H,24,26). The highest BCUT2D eigenvalue weighted by Crippen LogP contribution is 2.26. The molecule has 138 valence electrons. The lowest BCUT2D eigenvalue weighted by Crippen LogP contribution is -2.35. The summed E-state index contributed by atoms with van der Waals surface area (Å²) < 4.78 is 5.38. The minimum Gasteiger partial charge on any atom is -0.379 e. The molecular weight excluding hydrogens is 360 g/mol. The van der Waals surface area contributed by atoms with E-state index in [-0.39, 0.29) is 5.91 Å². The smallest absolute Gasteiger partial charge is 0.256 e. The van der Waals surface area contributed by atoms with Gasteiger partial charge in [0.15, 0.2) is 0 Å². The molecule has 3 aromatic carbocycles. The van der Waals surface area contributed by atoms with Crippen molar-refractivity contribution in [3.05, 3.63) is 76.8 Å². The minimum absolute atomic E-state index is 0.135. The number of benzene rings is 3. The number of rotatable bonds is 4. The zero-order valence-corrected chi connectivity index (χ0v) is 15.7. The fraction of sp³-hybridized carbons (Fsp3) is 0.227. The number of anilines is 1. The van der Waals surface area contributed by atoms with Gasteiger partial charge in [0.25, 0.3) is 5.91 Å². The van der Waals surface area contributed by atoms with E-state index >= 15 is 0 Å². The van der Waals surface area contributed by atoms with Crippen LogP contribution in [-0.2, 0) is 11.3 Å². The van der Waals surface area contributed by atoms with Gasteiger partial charge in [0.2, 0.25) is 0 Å². The molecule has 0 aromatic heterocycles. The number of morpholine rings is 1. The van der Waals surface area contributed by atoms with Gasteiger partial charge >= 0.3 is 0 Å². The van der Waals surface area contributed by atoms with Gasteiger partial charge in [-0.15, -0.1) is 0 Å². The number of carbonyl (C=O) groups excluding carboxylic acids is 1. The van der Waals surface area contributed by atoms with Crippen LogP contribution in [0.15, 0.2) is 60.7 Å². The first-order valence-electron chi connectivity index (χ1n) is 9.08. The third-order valence-electron chi connectivity index (χ3n) is 4.84. The zero-order chi connectivity index (χ0) is 18.6. The molecule has 0 unspecified atom stereocenters. The Kier molecular flexibility index (Phi) is 5.39. The summed E-state index contributed by atoms with van der Waals surface area (Å²) in [7, 11) is 0. The summed E-state index contributed by atoms with van der Waals surface area (Å²) >= 11 is 6.25. The van der Waals surface area contributed by atoms with E-state index in [1.165, 1.54) is 5.56 Å². The molecule has 1 aliphatic heterocycles. The van der Waals surface area contributed by atoms with Crippen molar-refractivity contribution in [2.24, 2.45) is 0 Å². The fourth-order valence-electron chi connectivity index (χ4n) is 3.38. The van der Waals surface area contributed by atoms with Crippen LogP contribution in [0.5, 0.6) is 0 Å². The highest BCUT2D eigenvalue weighted by molar-refractivity contribution is 6.36. The number of carbonyl (C=O) groups is 1. The van der Waals surface area contributed by atoms with Gasteiger partial charge in [-0.05, 0) is 35.2 Å². The Morgan fingerprint density at radius 3 is 2.44 bits per heavy atom. The van der Waals surface area contributed by atoms with Crippen molar-refractivity contribution in [1.82, 2.24) is 4.90 Å². The Bertz CT molecular complexity index is 950. The highest BCUT2D eigenvalue weighted by atomic mass is 35.5. The lowest BCUT2D eigenvalue weighted by Gasteiger charge is -2.26. The van der Waals surface area contributed by atoms with Crippen molar-refractivity contribution in [1.29, 1.82) is 0 Å². The largest absolute Gasteiger partial charge is 0.379 e. The van der Waals surface area contributed by atoms with E-state index in [9.17, 15) is 4.79 Å². The molecule has 0 saturated carbocycles. The van der Waals surface area contributed by atoms with Crippen LogP contribution in [0.4, 0.5) is 5.69 Å². The SMILES string of the molecule is O=C(Nc1ccc(CN2CCOCC2)cc1)c1cccc2c(Cl)cccc12. The molecule has 1 saturated heterocycles. The van der Waals surface area contributed by atoms with Crippen LogP contribution in [0.1, 0.15) is 15.9 Å². The number of fused-ring (bicyclic) bond motifs is 1. The summed E-state index contributed by atoms with van der Waals surface area (Å²) in [5, 5.41) is 5.37. The first kappa shape index (κ1) is 18.0. The number of halogens is 1. The van der Waals surface area contributed by atoms with Crippen molar-refractivity contribution >= 4 is 34.0 Å². The molecule has 5 heteroatoms. The molecule has 0 bridgehead atoms. The second-order valence-corrected chi connectivity index (χ2v) is 7.09. The molecule has 1 fully saturated rings. The lowest BCUT2D eigenvalue weighted by molar-refractivity contribution is 0.0342. The summed E-state index contributed by atoms with van der Waals surface area (Å²) in [5.41, 5.74) is 2.63. The predicted octanol–water partition coefficient (Wildman–Crippen LogP) is 4.58. The average Bonchev–Trinajstić information content (AvgIpc) is 2.70. The molecule has 1 amide bonds. The molecule has 0 radical (unpaired) electrons. The average molecular weight is 381 g/mol. The van der Waals surface area contributed by atoms with E-state index in [1.807, 2.05) is 48.5 Å². The molecular formula is C22H21ClN2O2. The Morgan fingerprint density at radius 2 is 1.67 bits per heavy atom. The third-order valence-corrected chi connectivity index (χ3v) is 5.16. The Labute approximate surface area is 163 Å². The second kappa shape index (κ2) is 8.09. The van der Waals surface area contributed by atoms with Gasteiger partial charge in [-0.1, -0.05) is 48.0 Å². The Morgan fingerprint density at radius 1 is 0.963 bits per heavy atom. The molecule has 0 atom stereocenters. The van der Waals surface area contributed by atoms with Gasteiger partial charge in [-0.25, -0.2) is 0 Å². The number of hydrogen-bond donors (Lipinski definition) is 1. The van der Waals surface area contributed by atoms with E-state index in [2.05, 4.69) is 22.3 Å². The number of hydrogen-bond acceptors (Lipinski definition) is 3. The van der Waals surface area contributed by atoms with Crippen LogP contribution in [0, 0.1) is 0 Å². The van der Waals surface area contributed by atoms with E-state index in [0.717, 1.165) is 49.3 Å². The number of nitrogens with one attached hydrogen (secondary N) is 1. The lowest BCUT2D eigenvalue weighted by atomic mass is 10.0. The Hall–Kier alpha value is -2.40. The normalized spacial score (nSPS) is 15.0. The van der Waals surface area contributed by atoms with E-state index in [4.69, 9.17) is 16.3 Å². The third kappa shape index (κ3) is 4.14. The molecule has 1 aliphatic rings. The maximum absolute atomic E-state index is 12.8. The fourth-order valence-corrected chi connectivity index (χ4v) is 3.62. The van der Waals surface area contributed by atoms with Crippen LogP contribution in [0.2, 0.25) is 5.02 Å². The summed E-state index contributed by atoms with van der Waals surface area (Å²) in [6.45, 7) is 4.41. The van der Waals surface area contributed by atoms with Crippen molar-refractivity contribution in [3.63, 3.8) is 0 Å². The summed E-state index contributed by atoms with van der Waals surface area (Å²) in [5.74, 6) is -0.135. The van der Waals surface area contributed by atoms with Gasteiger partial charge < -0.3 is 10.1 Å². The van der Waals surface area contributed by atoms with Gasteiger partial charge in [-0.3, -0.25) is 9.69 Å². The van der Waals surface area contributed by atoms with Gasteiger partial charge in [-0.2, -0.15) is 0 Å². The van der Waals surface area contributed by atoms with Crippen LogP contribution in [0.3, 0.4) is 0 Å². The highest BCUT2D eigenvalue weighted by Gasteiger charge is 2.13. The number of nitrogens with zero attached hydrogens (tertiary/aromatic N) is 1. The van der Waals surface area contributed by atoms with Crippen molar-refractivity contribution < 1.29 is 9.53 Å². The number of amides is 1. The first-order chi connectivity index (χ1) is 13.2. The zero-order valence-electron chi connectivity index (χ0n) is 15.0. The van der Waals surface area contributed by atoms with Crippen molar-refractivity contribution in [3.8, 4) is 0 Å². The predicted molar refractivity (Wildman–Crippen MR) is 109 cm³/mol. The Balaban J connectivity index is 1.48.